The monoisotopic (exact) mass is 340 g/mol. The summed E-state index contributed by atoms with van der Waals surface area (Å²) in [6.07, 6.45) is 5.17. The van der Waals surface area contributed by atoms with Crippen LogP contribution in [-0.4, -0.2) is 28.9 Å². The van der Waals surface area contributed by atoms with Crippen molar-refractivity contribution in [3.05, 3.63) is 58.4 Å². The normalized spacial score (nSPS) is 15.0. The van der Waals surface area contributed by atoms with Gasteiger partial charge in [0.05, 0.1) is 4.92 Å². The lowest BCUT2D eigenvalue weighted by atomic mass is 9.98. The van der Waals surface area contributed by atoms with Gasteiger partial charge in [0.2, 0.25) is 0 Å². The van der Waals surface area contributed by atoms with Gasteiger partial charge in [0.15, 0.2) is 0 Å². The molecule has 1 aromatic heterocycles. The Hall–Kier alpha value is -2.96. The number of rotatable bonds is 4. The first-order valence-corrected chi connectivity index (χ1v) is 8.29. The molecule has 2 heterocycles. The Morgan fingerprint density at radius 2 is 1.92 bits per heavy atom. The second kappa shape index (κ2) is 7.29. The van der Waals surface area contributed by atoms with Gasteiger partial charge in [-0.25, -0.2) is 0 Å². The predicted molar refractivity (Wildman–Crippen MR) is 95.9 cm³/mol. The van der Waals surface area contributed by atoms with Crippen LogP contribution in [0.25, 0.3) is 0 Å². The van der Waals surface area contributed by atoms with E-state index in [1.807, 2.05) is 4.90 Å². The quantitative estimate of drug-likeness (QED) is 0.680. The van der Waals surface area contributed by atoms with E-state index >= 15 is 0 Å². The molecule has 3 rings (SSSR count). The number of benzene rings is 1. The Balaban J connectivity index is 1.83. The summed E-state index contributed by atoms with van der Waals surface area (Å²) in [4.78, 5) is 29.3. The highest BCUT2D eigenvalue weighted by atomic mass is 16.6. The van der Waals surface area contributed by atoms with Gasteiger partial charge >= 0.3 is 0 Å². The van der Waals surface area contributed by atoms with Gasteiger partial charge in [0, 0.05) is 42.8 Å². The summed E-state index contributed by atoms with van der Waals surface area (Å²) in [6, 6.07) is 7.99. The number of nitro groups is 1. The van der Waals surface area contributed by atoms with Crippen LogP contribution in [0.1, 0.15) is 30.1 Å². The average molecular weight is 340 g/mol. The Morgan fingerprint density at radius 3 is 2.56 bits per heavy atom. The van der Waals surface area contributed by atoms with E-state index in [9.17, 15) is 14.9 Å². The fourth-order valence-electron chi connectivity index (χ4n) is 2.97. The van der Waals surface area contributed by atoms with Gasteiger partial charge in [-0.3, -0.25) is 19.9 Å². The molecule has 1 aliphatic heterocycles. The first kappa shape index (κ1) is 16.9. The molecule has 1 aliphatic rings. The third-order valence-electron chi connectivity index (χ3n) is 4.50. The number of hydrogen-bond donors (Lipinski definition) is 1. The van der Waals surface area contributed by atoms with Gasteiger partial charge in [-0.15, -0.1) is 0 Å². The fourth-order valence-corrected chi connectivity index (χ4v) is 2.97. The summed E-state index contributed by atoms with van der Waals surface area (Å²) in [5.74, 6) is 0.258. The van der Waals surface area contributed by atoms with Gasteiger partial charge in [0.25, 0.3) is 11.6 Å². The maximum Gasteiger partial charge on any atom is 0.293 e. The van der Waals surface area contributed by atoms with Crippen LogP contribution in [0.5, 0.6) is 0 Å². The zero-order chi connectivity index (χ0) is 17.8. The number of nitrogens with zero attached hydrogens (tertiary/aromatic N) is 3. The largest absolute Gasteiger partial charge is 0.366 e. The first-order valence-electron chi connectivity index (χ1n) is 8.29. The van der Waals surface area contributed by atoms with Gasteiger partial charge in [-0.1, -0.05) is 6.92 Å². The van der Waals surface area contributed by atoms with E-state index in [2.05, 4.69) is 17.2 Å². The molecule has 0 bridgehead atoms. The first-order chi connectivity index (χ1) is 12.0. The SMILES string of the molecule is CC1CCN(c2ccc(C(=O)Nc3ccncc3)cc2[N+](=O)[O-])CC1. The Bertz CT molecular complexity index is 771. The van der Waals surface area contributed by atoms with E-state index in [-0.39, 0.29) is 17.2 Å². The highest BCUT2D eigenvalue weighted by Gasteiger charge is 2.24. The van der Waals surface area contributed by atoms with Crippen molar-refractivity contribution in [2.45, 2.75) is 19.8 Å². The Morgan fingerprint density at radius 1 is 1.24 bits per heavy atom. The molecule has 0 aliphatic carbocycles. The molecule has 1 aromatic carbocycles. The second-order valence-electron chi connectivity index (χ2n) is 6.32. The minimum Gasteiger partial charge on any atom is -0.366 e. The molecule has 7 nitrogen and oxygen atoms in total. The number of hydrogen-bond acceptors (Lipinski definition) is 5. The molecule has 1 amide bonds. The zero-order valence-electron chi connectivity index (χ0n) is 14.0. The number of anilines is 2. The second-order valence-corrected chi connectivity index (χ2v) is 6.32. The van der Waals surface area contributed by atoms with Gasteiger partial charge in [-0.05, 0) is 43.0 Å². The van der Waals surface area contributed by atoms with Crippen LogP contribution in [0.15, 0.2) is 42.7 Å². The number of aromatic nitrogens is 1. The summed E-state index contributed by atoms with van der Waals surface area (Å²) < 4.78 is 0. The van der Waals surface area contributed by atoms with Crippen molar-refractivity contribution in [1.82, 2.24) is 4.98 Å². The number of amides is 1. The molecule has 0 atom stereocenters. The molecule has 0 radical (unpaired) electrons. The lowest BCUT2D eigenvalue weighted by Crippen LogP contribution is -2.33. The lowest BCUT2D eigenvalue weighted by molar-refractivity contribution is -0.384. The van der Waals surface area contributed by atoms with Crippen molar-refractivity contribution >= 4 is 23.0 Å². The minimum absolute atomic E-state index is 0.0306. The number of carbonyl (C=O) groups excluding carboxylic acids is 1. The summed E-state index contributed by atoms with van der Waals surface area (Å²) in [6.45, 7) is 3.79. The molecule has 0 saturated carbocycles. The van der Waals surface area contributed by atoms with Crippen molar-refractivity contribution in [3.63, 3.8) is 0 Å². The van der Waals surface area contributed by atoms with Gasteiger partial charge < -0.3 is 10.2 Å². The standard InChI is InChI=1S/C18H20N4O3/c1-13-6-10-21(11-7-13)16-3-2-14(12-17(16)22(24)25)18(23)20-15-4-8-19-9-5-15/h2-5,8-9,12-13H,6-7,10-11H2,1H3,(H,19,20,23). The van der Waals surface area contributed by atoms with E-state index in [1.54, 1.807) is 36.7 Å². The van der Waals surface area contributed by atoms with E-state index in [0.717, 1.165) is 25.9 Å². The maximum absolute atomic E-state index is 12.4. The molecular weight excluding hydrogens is 320 g/mol. The molecule has 1 fully saturated rings. The van der Waals surface area contributed by atoms with E-state index < -0.39 is 4.92 Å². The third kappa shape index (κ3) is 3.93. The lowest BCUT2D eigenvalue weighted by Gasteiger charge is -2.31. The van der Waals surface area contributed by atoms with Crippen molar-refractivity contribution < 1.29 is 9.72 Å². The van der Waals surface area contributed by atoms with Crippen molar-refractivity contribution in [1.29, 1.82) is 0 Å². The highest BCUT2D eigenvalue weighted by Crippen LogP contribution is 2.32. The molecule has 25 heavy (non-hydrogen) atoms. The summed E-state index contributed by atoms with van der Waals surface area (Å²) >= 11 is 0. The zero-order valence-corrected chi connectivity index (χ0v) is 14.0. The summed E-state index contributed by atoms with van der Waals surface area (Å²) in [7, 11) is 0. The van der Waals surface area contributed by atoms with E-state index in [4.69, 9.17) is 0 Å². The van der Waals surface area contributed by atoms with Gasteiger partial charge in [-0.2, -0.15) is 0 Å². The molecule has 0 spiro atoms. The van der Waals surface area contributed by atoms with Gasteiger partial charge in [0.1, 0.15) is 5.69 Å². The van der Waals surface area contributed by atoms with E-state index in [1.165, 1.54) is 6.07 Å². The molecule has 130 valence electrons. The molecule has 2 aromatic rings. The average Bonchev–Trinajstić information content (AvgIpc) is 2.62. The Labute approximate surface area is 145 Å². The Kier molecular flexibility index (Phi) is 4.92. The highest BCUT2D eigenvalue weighted by molar-refractivity contribution is 6.05. The smallest absolute Gasteiger partial charge is 0.293 e. The van der Waals surface area contributed by atoms with Crippen LogP contribution in [-0.2, 0) is 0 Å². The number of nitrogens with one attached hydrogen (secondary N) is 1. The minimum atomic E-state index is -0.420. The number of pyridine rings is 1. The maximum atomic E-state index is 12.4. The number of piperidine rings is 1. The van der Waals surface area contributed by atoms with Crippen LogP contribution in [0, 0.1) is 16.0 Å². The molecule has 1 saturated heterocycles. The fraction of sp³-hybridized carbons (Fsp3) is 0.333. The van der Waals surface area contributed by atoms with E-state index in [0.29, 0.717) is 17.3 Å². The van der Waals surface area contributed by atoms with Crippen LogP contribution >= 0.6 is 0 Å². The topological polar surface area (TPSA) is 88.4 Å². The number of nitro benzene ring substituents is 1. The molecule has 0 unspecified atom stereocenters. The van der Waals surface area contributed by atoms with Crippen molar-refractivity contribution in [3.8, 4) is 0 Å². The predicted octanol–water partition coefficient (Wildman–Crippen LogP) is 3.48. The molecule has 1 N–H and O–H groups in total. The van der Waals surface area contributed by atoms with Crippen LogP contribution in [0.3, 0.4) is 0 Å². The van der Waals surface area contributed by atoms with Crippen LogP contribution in [0.2, 0.25) is 0 Å². The number of carbonyl (C=O) groups is 1. The van der Waals surface area contributed by atoms with Crippen LogP contribution in [0.4, 0.5) is 17.1 Å². The van der Waals surface area contributed by atoms with Crippen molar-refractivity contribution in [2.75, 3.05) is 23.3 Å². The summed E-state index contributed by atoms with van der Waals surface area (Å²) in [5, 5.41) is 14.2. The molecular formula is C18H20N4O3. The summed E-state index contributed by atoms with van der Waals surface area (Å²) in [5.41, 5.74) is 1.41. The van der Waals surface area contributed by atoms with Crippen LogP contribution < -0.4 is 10.2 Å². The van der Waals surface area contributed by atoms with Crippen molar-refractivity contribution in [2.24, 2.45) is 5.92 Å². The third-order valence-corrected chi connectivity index (χ3v) is 4.50. The molecule has 7 heteroatoms.